The van der Waals surface area contributed by atoms with E-state index in [0.29, 0.717) is 0 Å². The van der Waals surface area contributed by atoms with Crippen molar-refractivity contribution < 1.29 is 0 Å². The highest BCUT2D eigenvalue weighted by molar-refractivity contribution is 5.56. The Morgan fingerprint density at radius 3 is 3.18 bits per heavy atom. The SMILES string of the molecule is CC1CCN(Cc2cccc3c2CCCN3)C1. The van der Waals surface area contributed by atoms with Gasteiger partial charge in [-0.2, -0.15) is 0 Å². The van der Waals surface area contributed by atoms with Crippen LogP contribution >= 0.6 is 0 Å². The zero-order valence-electron chi connectivity index (χ0n) is 10.7. The smallest absolute Gasteiger partial charge is 0.0375 e. The fourth-order valence-corrected chi connectivity index (χ4v) is 3.14. The van der Waals surface area contributed by atoms with Crippen molar-refractivity contribution in [2.24, 2.45) is 5.92 Å². The van der Waals surface area contributed by atoms with Crippen molar-refractivity contribution in [3.8, 4) is 0 Å². The van der Waals surface area contributed by atoms with Gasteiger partial charge in [0, 0.05) is 25.3 Å². The number of likely N-dealkylation sites (tertiary alicyclic amines) is 1. The number of rotatable bonds is 2. The van der Waals surface area contributed by atoms with Crippen LogP contribution in [0.2, 0.25) is 0 Å². The number of nitrogens with one attached hydrogen (secondary N) is 1. The van der Waals surface area contributed by atoms with Gasteiger partial charge in [0.15, 0.2) is 0 Å². The molecule has 1 unspecified atom stereocenters. The second-order valence-electron chi connectivity index (χ2n) is 5.60. The lowest BCUT2D eigenvalue weighted by Gasteiger charge is -2.23. The predicted molar refractivity (Wildman–Crippen MR) is 72.3 cm³/mol. The Labute approximate surface area is 104 Å². The molecule has 0 radical (unpaired) electrons. The van der Waals surface area contributed by atoms with Gasteiger partial charge in [-0.3, -0.25) is 4.90 Å². The van der Waals surface area contributed by atoms with Crippen LogP contribution in [0.15, 0.2) is 18.2 Å². The van der Waals surface area contributed by atoms with Crippen LogP contribution in [0.5, 0.6) is 0 Å². The van der Waals surface area contributed by atoms with Crippen molar-refractivity contribution in [2.45, 2.75) is 32.7 Å². The van der Waals surface area contributed by atoms with E-state index in [1.807, 2.05) is 0 Å². The highest BCUT2D eigenvalue weighted by Crippen LogP contribution is 2.27. The largest absolute Gasteiger partial charge is 0.385 e. The van der Waals surface area contributed by atoms with Gasteiger partial charge in [0.1, 0.15) is 0 Å². The van der Waals surface area contributed by atoms with Crippen LogP contribution in [0.1, 0.15) is 30.9 Å². The van der Waals surface area contributed by atoms with Gasteiger partial charge in [0.2, 0.25) is 0 Å². The van der Waals surface area contributed by atoms with Crippen LogP contribution in [0.25, 0.3) is 0 Å². The topological polar surface area (TPSA) is 15.3 Å². The molecular weight excluding hydrogens is 208 g/mol. The number of anilines is 1. The maximum Gasteiger partial charge on any atom is 0.0375 e. The van der Waals surface area contributed by atoms with E-state index in [-0.39, 0.29) is 0 Å². The maximum absolute atomic E-state index is 3.52. The molecule has 2 heteroatoms. The molecule has 17 heavy (non-hydrogen) atoms. The van der Waals surface area contributed by atoms with Gasteiger partial charge in [-0.15, -0.1) is 0 Å². The molecule has 0 spiro atoms. The van der Waals surface area contributed by atoms with Crippen LogP contribution < -0.4 is 5.32 Å². The predicted octanol–water partition coefficient (Wildman–Crippen LogP) is 2.89. The molecule has 0 bridgehead atoms. The minimum atomic E-state index is 0.882. The zero-order valence-corrected chi connectivity index (χ0v) is 10.7. The molecule has 3 rings (SSSR count). The van der Waals surface area contributed by atoms with E-state index in [2.05, 4.69) is 35.3 Å². The fraction of sp³-hybridized carbons (Fsp3) is 0.600. The average Bonchev–Trinajstić information content (AvgIpc) is 2.75. The van der Waals surface area contributed by atoms with E-state index in [1.165, 1.54) is 38.0 Å². The van der Waals surface area contributed by atoms with Gasteiger partial charge in [-0.05, 0) is 48.9 Å². The lowest BCUT2D eigenvalue weighted by atomic mass is 9.97. The summed E-state index contributed by atoms with van der Waals surface area (Å²) in [6, 6.07) is 6.74. The summed E-state index contributed by atoms with van der Waals surface area (Å²) < 4.78 is 0. The number of benzene rings is 1. The minimum Gasteiger partial charge on any atom is -0.385 e. The molecule has 2 aliphatic heterocycles. The van der Waals surface area contributed by atoms with Gasteiger partial charge in [-0.25, -0.2) is 0 Å². The molecule has 1 aromatic rings. The first-order chi connectivity index (χ1) is 8.33. The number of hydrogen-bond donors (Lipinski definition) is 1. The van der Waals surface area contributed by atoms with Crippen molar-refractivity contribution in [3.05, 3.63) is 29.3 Å². The van der Waals surface area contributed by atoms with Gasteiger partial charge >= 0.3 is 0 Å². The minimum absolute atomic E-state index is 0.882. The maximum atomic E-state index is 3.52. The lowest BCUT2D eigenvalue weighted by molar-refractivity contribution is 0.319. The van der Waals surface area contributed by atoms with Gasteiger partial charge in [0.05, 0.1) is 0 Å². The van der Waals surface area contributed by atoms with Crippen molar-refractivity contribution >= 4 is 5.69 Å². The first-order valence-corrected chi connectivity index (χ1v) is 6.90. The Morgan fingerprint density at radius 2 is 2.35 bits per heavy atom. The summed E-state index contributed by atoms with van der Waals surface area (Å²) in [5.74, 6) is 0.882. The molecule has 1 atom stereocenters. The highest BCUT2D eigenvalue weighted by Gasteiger charge is 2.20. The van der Waals surface area contributed by atoms with Crippen molar-refractivity contribution in [1.29, 1.82) is 0 Å². The van der Waals surface area contributed by atoms with E-state index < -0.39 is 0 Å². The summed E-state index contributed by atoms with van der Waals surface area (Å²) in [5, 5.41) is 3.52. The molecule has 2 aliphatic rings. The van der Waals surface area contributed by atoms with Crippen LogP contribution in [0.4, 0.5) is 5.69 Å². The Morgan fingerprint density at radius 1 is 1.41 bits per heavy atom. The molecule has 0 saturated carbocycles. The molecule has 0 aliphatic carbocycles. The Hall–Kier alpha value is -1.02. The van der Waals surface area contributed by atoms with Crippen molar-refractivity contribution in [2.75, 3.05) is 25.0 Å². The van der Waals surface area contributed by atoms with Gasteiger partial charge in [-0.1, -0.05) is 19.1 Å². The fourth-order valence-electron chi connectivity index (χ4n) is 3.14. The molecule has 1 fully saturated rings. The third-order valence-corrected chi connectivity index (χ3v) is 4.09. The van der Waals surface area contributed by atoms with Crippen LogP contribution in [-0.4, -0.2) is 24.5 Å². The normalized spacial score (nSPS) is 24.4. The molecule has 0 amide bonds. The lowest BCUT2D eigenvalue weighted by Crippen LogP contribution is -2.22. The molecule has 2 heterocycles. The third-order valence-electron chi connectivity index (χ3n) is 4.09. The number of fused-ring (bicyclic) bond motifs is 1. The van der Waals surface area contributed by atoms with Crippen LogP contribution in [0, 0.1) is 5.92 Å². The van der Waals surface area contributed by atoms with E-state index >= 15 is 0 Å². The van der Waals surface area contributed by atoms with Gasteiger partial charge in [0.25, 0.3) is 0 Å². The van der Waals surface area contributed by atoms with Crippen LogP contribution in [0.3, 0.4) is 0 Å². The average molecular weight is 230 g/mol. The molecule has 1 saturated heterocycles. The molecule has 1 aromatic carbocycles. The van der Waals surface area contributed by atoms with Crippen molar-refractivity contribution in [3.63, 3.8) is 0 Å². The summed E-state index contributed by atoms with van der Waals surface area (Å²) in [7, 11) is 0. The third kappa shape index (κ3) is 2.32. The second kappa shape index (κ2) is 4.69. The Bertz CT molecular complexity index is 400. The standard InChI is InChI=1S/C15H22N2/c1-12-7-9-17(10-12)11-13-4-2-6-15-14(13)5-3-8-16-15/h2,4,6,12,16H,3,5,7-11H2,1H3. The van der Waals surface area contributed by atoms with Crippen LogP contribution in [-0.2, 0) is 13.0 Å². The van der Waals surface area contributed by atoms with Crippen molar-refractivity contribution in [1.82, 2.24) is 4.90 Å². The summed E-state index contributed by atoms with van der Waals surface area (Å²) in [5.41, 5.74) is 4.49. The Kier molecular flexibility index (Phi) is 3.06. The molecule has 1 N–H and O–H groups in total. The molecule has 92 valence electrons. The number of nitrogens with zero attached hydrogens (tertiary/aromatic N) is 1. The molecule has 0 aromatic heterocycles. The summed E-state index contributed by atoms with van der Waals surface area (Å²) >= 11 is 0. The quantitative estimate of drug-likeness (QED) is 0.840. The monoisotopic (exact) mass is 230 g/mol. The Balaban J connectivity index is 1.78. The van der Waals surface area contributed by atoms with E-state index in [0.717, 1.165) is 19.0 Å². The number of hydrogen-bond acceptors (Lipinski definition) is 2. The first-order valence-electron chi connectivity index (χ1n) is 6.90. The zero-order chi connectivity index (χ0) is 11.7. The van der Waals surface area contributed by atoms with E-state index in [4.69, 9.17) is 0 Å². The van der Waals surface area contributed by atoms with Gasteiger partial charge < -0.3 is 5.32 Å². The van der Waals surface area contributed by atoms with E-state index in [1.54, 1.807) is 11.1 Å². The highest BCUT2D eigenvalue weighted by atomic mass is 15.1. The summed E-state index contributed by atoms with van der Waals surface area (Å²) in [4.78, 5) is 2.61. The second-order valence-corrected chi connectivity index (χ2v) is 5.60. The summed E-state index contributed by atoms with van der Waals surface area (Å²) in [6.07, 6.45) is 3.90. The molecular formula is C15H22N2. The summed E-state index contributed by atoms with van der Waals surface area (Å²) in [6.45, 7) is 7.20. The van der Waals surface area contributed by atoms with E-state index in [9.17, 15) is 0 Å². The first kappa shape index (κ1) is 11.1. The molecule has 2 nitrogen and oxygen atoms in total.